The Bertz CT molecular complexity index is 414. The summed E-state index contributed by atoms with van der Waals surface area (Å²) in [5.41, 5.74) is 1.58. The molecule has 0 N–H and O–H groups in total. The fourth-order valence-electron chi connectivity index (χ4n) is 3.57. The second-order valence-electron chi connectivity index (χ2n) is 5.97. The van der Waals surface area contributed by atoms with Crippen LogP contribution in [0.1, 0.15) is 32.3 Å². The largest absolute Gasteiger partial charge is 0.356 e. The number of hydrogen-bond acceptors (Lipinski definition) is 2. The molecule has 0 aromatic heterocycles. The molecule has 1 aromatic rings. The van der Waals surface area contributed by atoms with E-state index in [-0.39, 0.29) is 11.0 Å². The Balaban J connectivity index is 2.07. The molecule has 0 amide bonds. The fourth-order valence-corrected chi connectivity index (χ4v) is 3.57. The third-order valence-electron chi connectivity index (χ3n) is 4.82. The van der Waals surface area contributed by atoms with E-state index in [4.69, 9.17) is 4.74 Å². The van der Waals surface area contributed by atoms with Crippen molar-refractivity contribution in [3.05, 3.63) is 35.9 Å². The van der Waals surface area contributed by atoms with Gasteiger partial charge in [-0.1, -0.05) is 30.3 Å². The highest BCUT2D eigenvalue weighted by molar-refractivity contribution is 5.32. The third-order valence-corrected chi connectivity index (χ3v) is 4.82. The van der Waals surface area contributed by atoms with Crippen molar-refractivity contribution in [2.45, 2.75) is 43.9 Å². The maximum absolute atomic E-state index is 6.27. The van der Waals surface area contributed by atoms with Crippen LogP contribution in [0.15, 0.2) is 30.3 Å². The molecule has 0 radical (unpaired) electrons. The van der Waals surface area contributed by atoms with Gasteiger partial charge in [-0.2, -0.15) is 0 Å². The summed E-state index contributed by atoms with van der Waals surface area (Å²) in [6.45, 7) is 5.63. The zero-order valence-electron chi connectivity index (χ0n) is 10.9. The summed E-state index contributed by atoms with van der Waals surface area (Å²) in [6.07, 6.45) is 2.61. The summed E-state index contributed by atoms with van der Waals surface area (Å²) in [4.78, 5) is 2.34. The fraction of sp³-hybridized carbons (Fsp3) is 0.600. The van der Waals surface area contributed by atoms with Crippen LogP contribution < -0.4 is 0 Å². The minimum Gasteiger partial charge on any atom is -0.356 e. The molecule has 2 heteroatoms. The van der Waals surface area contributed by atoms with Crippen LogP contribution in [-0.4, -0.2) is 30.3 Å². The Labute approximate surface area is 104 Å². The molecule has 2 unspecified atom stereocenters. The molecule has 17 heavy (non-hydrogen) atoms. The topological polar surface area (TPSA) is 12.5 Å². The van der Waals surface area contributed by atoms with E-state index in [1.54, 1.807) is 0 Å². The molecular weight excluding hydrogens is 210 g/mol. The van der Waals surface area contributed by atoms with Crippen LogP contribution in [0, 0.1) is 0 Å². The maximum Gasteiger partial charge on any atom is 0.112 e. The van der Waals surface area contributed by atoms with Gasteiger partial charge in [0.1, 0.15) is 6.23 Å². The number of likely N-dealkylation sites (tertiary alicyclic amines) is 1. The second-order valence-corrected chi connectivity index (χ2v) is 5.97. The quantitative estimate of drug-likeness (QED) is 0.737. The first-order chi connectivity index (χ1) is 8.05. The first-order valence-corrected chi connectivity index (χ1v) is 6.49. The lowest BCUT2D eigenvalue weighted by molar-refractivity contribution is -0.0772. The van der Waals surface area contributed by atoms with Gasteiger partial charge in [0, 0.05) is 12.0 Å². The van der Waals surface area contributed by atoms with Crippen LogP contribution in [0.3, 0.4) is 0 Å². The summed E-state index contributed by atoms with van der Waals surface area (Å²) in [7, 11) is 2.17. The highest BCUT2D eigenvalue weighted by Gasteiger charge is 2.57. The average Bonchev–Trinajstić information content (AvgIpc) is 2.55. The summed E-state index contributed by atoms with van der Waals surface area (Å²) in [5.74, 6) is 0. The maximum atomic E-state index is 6.27. The van der Waals surface area contributed by atoms with E-state index in [0.717, 1.165) is 13.0 Å². The van der Waals surface area contributed by atoms with Crippen molar-refractivity contribution in [2.24, 2.45) is 0 Å². The van der Waals surface area contributed by atoms with Gasteiger partial charge in [-0.15, -0.1) is 0 Å². The van der Waals surface area contributed by atoms with Crippen molar-refractivity contribution in [3.63, 3.8) is 0 Å². The van der Waals surface area contributed by atoms with Gasteiger partial charge in [-0.3, -0.25) is 4.90 Å². The number of ether oxygens (including phenoxy) is 1. The molecule has 0 aliphatic carbocycles. The average molecular weight is 231 g/mol. The van der Waals surface area contributed by atoms with Crippen LogP contribution >= 0.6 is 0 Å². The third kappa shape index (κ3) is 1.47. The Morgan fingerprint density at radius 3 is 2.65 bits per heavy atom. The summed E-state index contributed by atoms with van der Waals surface area (Å²) < 4.78 is 6.27. The predicted molar refractivity (Wildman–Crippen MR) is 68.9 cm³/mol. The minimum absolute atomic E-state index is 0.0657. The van der Waals surface area contributed by atoms with Crippen LogP contribution in [0.4, 0.5) is 0 Å². The molecule has 2 saturated heterocycles. The van der Waals surface area contributed by atoms with Gasteiger partial charge in [0.05, 0.1) is 5.60 Å². The molecule has 3 rings (SSSR count). The first-order valence-electron chi connectivity index (χ1n) is 6.49. The van der Waals surface area contributed by atoms with Crippen molar-refractivity contribution in [1.82, 2.24) is 4.90 Å². The normalized spacial score (nSPS) is 36.1. The van der Waals surface area contributed by atoms with Gasteiger partial charge in [0.15, 0.2) is 0 Å². The van der Waals surface area contributed by atoms with Crippen molar-refractivity contribution in [1.29, 1.82) is 0 Å². The molecule has 2 bridgehead atoms. The van der Waals surface area contributed by atoms with Crippen molar-refractivity contribution in [3.8, 4) is 0 Å². The van der Waals surface area contributed by atoms with Crippen LogP contribution in [0.5, 0.6) is 0 Å². The summed E-state index contributed by atoms with van der Waals surface area (Å²) in [5, 5.41) is 0. The van der Waals surface area contributed by atoms with Crippen molar-refractivity contribution < 1.29 is 4.74 Å². The van der Waals surface area contributed by atoms with E-state index >= 15 is 0 Å². The van der Waals surface area contributed by atoms with Gasteiger partial charge in [-0.25, -0.2) is 0 Å². The number of benzene rings is 1. The van der Waals surface area contributed by atoms with E-state index in [2.05, 4.69) is 56.1 Å². The smallest absolute Gasteiger partial charge is 0.112 e. The molecule has 2 fully saturated rings. The Hall–Kier alpha value is -0.860. The van der Waals surface area contributed by atoms with E-state index in [1.807, 2.05) is 0 Å². The standard InChI is InChI=1S/C15H21NO/c1-14(2)15(12-7-5-4-6-8-12)9-10-16(3)13(11-15)17-14/h4-8,13H,9-11H2,1-3H3. The lowest BCUT2D eigenvalue weighted by Gasteiger charge is -2.42. The summed E-state index contributed by atoms with van der Waals surface area (Å²) >= 11 is 0. The van der Waals surface area contributed by atoms with Crippen LogP contribution in [0.2, 0.25) is 0 Å². The monoisotopic (exact) mass is 231 g/mol. The summed E-state index contributed by atoms with van der Waals surface area (Å²) in [6, 6.07) is 10.9. The molecule has 0 spiro atoms. The number of nitrogens with zero attached hydrogens (tertiary/aromatic N) is 1. The molecule has 0 saturated carbocycles. The molecule has 1 aromatic carbocycles. The predicted octanol–water partition coefficient (Wildman–Crippen LogP) is 2.78. The van der Waals surface area contributed by atoms with Gasteiger partial charge in [-0.05, 0) is 39.3 Å². The lowest BCUT2D eigenvalue weighted by Crippen LogP contribution is -2.46. The molecule has 2 aliphatic heterocycles. The van der Waals surface area contributed by atoms with Crippen molar-refractivity contribution >= 4 is 0 Å². The lowest BCUT2D eigenvalue weighted by atomic mass is 9.65. The van der Waals surface area contributed by atoms with Crippen molar-refractivity contribution in [2.75, 3.05) is 13.6 Å². The van der Waals surface area contributed by atoms with Crippen LogP contribution in [0.25, 0.3) is 0 Å². The Morgan fingerprint density at radius 1 is 1.24 bits per heavy atom. The first kappa shape index (κ1) is 11.2. The van der Waals surface area contributed by atoms with Gasteiger partial charge in [0.25, 0.3) is 0 Å². The number of rotatable bonds is 1. The van der Waals surface area contributed by atoms with Gasteiger partial charge < -0.3 is 4.74 Å². The Morgan fingerprint density at radius 2 is 1.94 bits per heavy atom. The van der Waals surface area contributed by atoms with Crippen LogP contribution in [-0.2, 0) is 10.2 Å². The molecule has 2 nitrogen and oxygen atoms in total. The number of piperidine rings is 1. The Kier molecular flexibility index (Phi) is 2.36. The number of fused-ring (bicyclic) bond motifs is 2. The highest BCUT2D eigenvalue weighted by atomic mass is 16.5. The highest BCUT2D eigenvalue weighted by Crippen LogP contribution is 2.53. The molecular formula is C15H21NO. The van der Waals surface area contributed by atoms with Gasteiger partial charge >= 0.3 is 0 Å². The van der Waals surface area contributed by atoms with Gasteiger partial charge in [0.2, 0.25) is 0 Å². The SMILES string of the molecule is CN1CCC2(c3ccccc3)CC1OC2(C)C. The molecule has 2 aliphatic rings. The zero-order valence-corrected chi connectivity index (χ0v) is 10.9. The van der Waals surface area contributed by atoms with E-state index < -0.39 is 0 Å². The van der Waals surface area contributed by atoms with E-state index in [9.17, 15) is 0 Å². The molecule has 2 atom stereocenters. The van der Waals surface area contributed by atoms with E-state index in [0.29, 0.717) is 6.23 Å². The zero-order chi connectivity index (χ0) is 12.1. The van der Waals surface area contributed by atoms with E-state index in [1.165, 1.54) is 12.0 Å². The second kappa shape index (κ2) is 3.56. The molecule has 92 valence electrons. The molecule has 2 heterocycles. The minimum atomic E-state index is -0.0657. The number of hydrogen-bond donors (Lipinski definition) is 0.